The molecule has 0 aromatic heterocycles. The molecule has 1 unspecified atom stereocenters. The number of amides is 1. The van der Waals surface area contributed by atoms with Crippen LogP contribution in [-0.4, -0.2) is 47.6 Å². The number of hydrogen-bond acceptors (Lipinski definition) is 6. The number of carbonyl (C=O) groups is 3. The third-order valence-electron chi connectivity index (χ3n) is 6.42. The zero-order valence-corrected chi connectivity index (χ0v) is 21.9. The number of benzene rings is 2. The normalized spacial score (nSPS) is 25.9. The molecule has 1 amide bonds. The van der Waals surface area contributed by atoms with Crippen molar-refractivity contribution in [3.63, 3.8) is 0 Å². The van der Waals surface area contributed by atoms with Crippen molar-refractivity contribution < 1.29 is 28.6 Å². The van der Waals surface area contributed by atoms with Crippen LogP contribution in [0.15, 0.2) is 59.1 Å². The maximum absolute atomic E-state index is 14.4. The summed E-state index contributed by atoms with van der Waals surface area (Å²) in [5.41, 5.74) is -1.12. The second kappa shape index (κ2) is 9.74. The second-order valence-corrected chi connectivity index (χ2v) is 10.7. The summed E-state index contributed by atoms with van der Waals surface area (Å²) in [6.45, 7) is 7.35. The van der Waals surface area contributed by atoms with Gasteiger partial charge in [-0.25, -0.2) is 0 Å². The van der Waals surface area contributed by atoms with Crippen molar-refractivity contribution in [1.29, 1.82) is 0 Å². The van der Waals surface area contributed by atoms with Gasteiger partial charge in [-0.15, -0.1) is 0 Å². The molecule has 186 valence electrons. The highest BCUT2D eigenvalue weighted by Gasteiger charge is 2.68. The Labute approximate surface area is 213 Å². The van der Waals surface area contributed by atoms with E-state index in [1.54, 1.807) is 56.9 Å². The van der Waals surface area contributed by atoms with Gasteiger partial charge >= 0.3 is 11.9 Å². The third-order valence-corrected chi connectivity index (χ3v) is 6.94. The van der Waals surface area contributed by atoms with E-state index in [9.17, 15) is 14.4 Å². The zero-order chi connectivity index (χ0) is 25.4. The van der Waals surface area contributed by atoms with Crippen LogP contribution in [0, 0.1) is 5.92 Å². The zero-order valence-electron chi connectivity index (χ0n) is 20.3. The molecule has 2 saturated heterocycles. The lowest BCUT2D eigenvalue weighted by atomic mass is 9.68. The van der Waals surface area contributed by atoms with Crippen LogP contribution in [0.25, 0.3) is 0 Å². The van der Waals surface area contributed by atoms with E-state index in [4.69, 9.17) is 14.2 Å². The summed E-state index contributed by atoms with van der Waals surface area (Å²) in [6, 6.07) is 15.9. The molecule has 2 heterocycles. The molecule has 2 aromatic carbocycles. The van der Waals surface area contributed by atoms with Crippen LogP contribution in [-0.2, 0) is 34.0 Å². The molecule has 4 atom stereocenters. The molecule has 7 nitrogen and oxygen atoms in total. The molecular weight excluding hydrogens is 514 g/mol. The summed E-state index contributed by atoms with van der Waals surface area (Å²) in [5.74, 6) is -2.31. The standard InChI is InChI=1S/C27H30BrNO6/c1-5-33-25(32)27(18-11-13-19(28)14-12-18)20(15-22(30)35-26(2,3)4)21-16-34-23(29(21)24(27)31)17-9-7-6-8-10-17/h6-14,20-21,23H,5,15-16H2,1-4H3/t20-,21-,23-,27?/m1/s1. The lowest BCUT2D eigenvalue weighted by Crippen LogP contribution is -2.50. The van der Waals surface area contributed by atoms with Crippen LogP contribution in [0.1, 0.15) is 51.5 Å². The van der Waals surface area contributed by atoms with Gasteiger partial charge in [0.15, 0.2) is 11.6 Å². The first-order chi connectivity index (χ1) is 16.6. The van der Waals surface area contributed by atoms with Gasteiger partial charge in [0.2, 0.25) is 5.91 Å². The van der Waals surface area contributed by atoms with Gasteiger partial charge < -0.3 is 19.1 Å². The summed E-state index contributed by atoms with van der Waals surface area (Å²) in [5, 5.41) is 0. The Bertz CT molecular complexity index is 1100. The largest absolute Gasteiger partial charge is 0.465 e. The number of fused-ring (bicyclic) bond motifs is 1. The number of carbonyl (C=O) groups excluding carboxylic acids is 3. The summed E-state index contributed by atoms with van der Waals surface area (Å²) in [4.78, 5) is 42.8. The molecule has 2 aromatic rings. The van der Waals surface area contributed by atoms with Crippen LogP contribution >= 0.6 is 15.9 Å². The van der Waals surface area contributed by atoms with Gasteiger partial charge in [-0.2, -0.15) is 0 Å². The van der Waals surface area contributed by atoms with Crippen LogP contribution in [0.4, 0.5) is 0 Å². The van der Waals surface area contributed by atoms with Crippen molar-refractivity contribution in [3.05, 3.63) is 70.2 Å². The van der Waals surface area contributed by atoms with Gasteiger partial charge in [-0.3, -0.25) is 14.4 Å². The van der Waals surface area contributed by atoms with E-state index in [1.165, 1.54) is 0 Å². The molecule has 2 fully saturated rings. The Morgan fingerprint density at radius 3 is 2.37 bits per heavy atom. The Morgan fingerprint density at radius 1 is 1.11 bits per heavy atom. The number of nitrogens with zero attached hydrogens (tertiary/aromatic N) is 1. The molecule has 0 spiro atoms. The number of rotatable bonds is 6. The molecule has 4 rings (SSSR count). The molecule has 35 heavy (non-hydrogen) atoms. The van der Waals surface area contributed by atoms with Gasteiger partial charge in [0.1, 0.15) is 5.60 Å². The average molecular weight is 544 g/mol. The minimum Gasteiger partial charge on any atom is -0.465 e. The average Bonchev–Trinajstić information content (AvgIpc) is 3.33. The van der Waals surface area contributed by atoms with Gasteiger partial charge in [-0.05, 0) is 45.4 Å². The van der Waals surface area contributed by atoms with Crippen molar-refractivity contribution in [2.45, 2.75) is 57.4 Å². The van der Waals surface area contributed by atoms with Crippen LogP contribution in [0.2, 0.25) is 0 Å². The number of esters is 2. The highest BCUT2D eigenvalue weighted by Crippen LogP contribution is 2.53. The van der Waals surface area contributed by atoms with E-state index in [0.29, 0.717) is 5.56 Å². The smallest absolute Gasteiger partial charge is 0.326 e. The molecule has 0 saturated carbocycles. The number of hydrogen-bond donors (Lipinski definition) is 0. The van der Waals surface area contributed by atoms with Crippen molar-refractivity contribution in [3.8, 4) is 0 Å². The van der Waals surface area contributed by atoms with E-state index in [0.717, 1.165) is 10.0 Å². The quantitative estimate of drug-likeness (QED) is 0.393. The summed E-state index contributed by atoms with van der Waals surface area (Å²) >= 11 is 3.43. The fraction of sp³-hybridized carbons (Fsp3) is 0.444. The predicted molar refractivity (Wildman–Crippen MR) is 132 cm³/mol. The van der Waals surface area contributed by atoms with Crippen LogP contribution in [0.5, 0.6) is 0 Å². The third kappa shape index (κ3) is 4.61. The van der Waals surface area contributed by atoms with Crippen molar-refractivity contribution in [2.24, 2.45) is 5.92 Å². The maximum Gasteiger partial charge on any atom is 0.326 e. The maximum atomic E-state index is 14.4. The van der Waals surface area contributed by atoms with E-state index < -0.39 is 47.0 Å². The monoisotopic (exact) mass is 543 g/mol. The SMILES string of the molecule is CCOC(=O)C1(c2ccc(Br)cc2)C(=O)N2[C@@H](c3ccccc3)OC[C@@H]2[C@H]1CC(=O)OC(C)(C)C. The summed E-state index contributed by atoms with van der Waals surface area (Å²) in [6.07, 6.45) is -0.800. The first-order valence-corrected chi connectivity index (χ1v) is 12.5. The number of ether oxygens (including phenoxy) is 3. The Balaban J connectivity index is 1.86. The lowest BCUT2D eigenvalue weighted by molar-refractivity contribution is -0.161. The van der Waals surface area contributed by atoms with E-state index in [1.807, 2.05) is 30.3 Å². The molecule has 0 bridgehead atoms. The van der Waals surface area contributed by atoms with Gasteiger partial charge in [0.25, 0.3) is 0 Å². The minimum atomic E-state index is -1.70. The highest BCUT2D eigenvalue weighted by molar-refractivity contribution is 9.10. The Morgan fingerprint density at radius 2 is 1.77 bits per heavy atom. The lowest BCUT2D eigenvalue weighted by Gasteiger charge is -2.33. The highest BCUT2D eigenvalue weighted by atomic mass is 79.9. The predicted octanol–water partition coefficient (Wildman–Crippen LogP) is 4.54. The van der Waals surface area contributed by atoms with Gasteiger partial charge in [0.05, 0.1) is 25.7 Å². The molecule has 8 heteroatoms. The fourth-order valence-corrected chi connectivity index (χ4v) is 5.38. The molecule has 2 aliphatic rings. The second-order valence-electron chi connectivity index (χ2n) is 9.81. The Kier molecular flexibility index (Phi) is 7.06. The van der Waals surface area contributed by atoms with Crippen molar-refractivity contribution >= 4 is 33.8 Å². The number of halogens is 1. The first kappa shape index (κ1) is 25.4. The fourth-order valence-electron chi connectivity index (χ4n) is 5.12. The topological polar surface area (TPSA) is 82.1 Å². The van der Waals surface area contributed by atoms with Crippen molar-refractivity contribution in [1.82, 2.24) is 4.90 Å². The van der Waals surface area contributed by atoms with Crippen LogP contribution in [0.3, 0.4) is 0 Å². The first-order valence-electron chi connectivity index (χ1n) is 11.7. The van der Waals surface area contributed by atoms with Crippen molar-refractivity contribution in [2.75, 3.05) is 13.2 Å². The molecule has 0 N–H and O–H groups in total. The van der Waals surface area contributed by atoms with E-state index >= 15 is 0 Å². The molecular formula is C27H30BrNO6. The summed E-state index contributed by atoms with van der Waals surface area (Å²) < 4.78 is 18.0. The molecule has 0 aliphatic carbocycles. The van der Waals surface area contributed by atoms with Gasteiger partial charge in [-0.1, -0.05) is 58.4 Å². The molecule has 2 aliphatic heterocycles. The van der Waals surface area contributed by atoms with E-state index in [-0.39, 0.29) is 19.6 Å². The summed E-state index contributed by atoms with van der Waals surface area (Å²) in [7, 11) is 0. The molecule has 0 radical (unpaired) electrons. The minimum absolute atomic E-state index is 0.104. The van der Waals surface area contributed by atoms with Crippen LogP contribution < -0.4 is 0 Å². The Hall–Kier alpha value is -2.71. The van der Waals surface area contributed by atoms with Gasteiger partial charge in [0, 0.05) is 16.0 Å². The van der Waals surface area contributed by atoms with E-state index in [2.05, 4.69) is 15.9 Å².